The highest BCUT2D eigenvalue weighted by molar-refractivity contribution is 6.30. The second-order valence-corrected chi connectivity index (χ2v) is 6.60. The van der Waals surface area contributed by atoms with Crippen LogP contribution in [0.3, 0.4) is 0 Å². The van der Waals surface area contributed by atoms with E-state index in [-0.39, 0.29) is 12.2 Å². The molecule has 0 aliphatic carbocycles. The van der Waals surface area contributed by atoms with Crippen molar-refractivity contribution < 1.29 is 14.7 Å². The summed E-state index contributed by atoms with van der Waals surface area (Å²) in [5.74, 6) is -0.431. The van der Waals surface area contributed by atoms with Crippen molar-refractivity contribution in [2.75, 3.05) is 39.3 Å². The van der Waals surface area contributed by atoms with E-state index in [9.17, 15) is 14.7 Å². The summed E-state index contributed by atoms with van der Waals surface area (Å²) in [6.07, 6.45) is 0.821. The monoisotopic (exact) mass is 364 g/mol. The number of β-amino-alcohol motifs (C(OH)–C–C–N with tert-alkyl or cyclic N) is 1. The first kappa shape index (κ1) is 17.9. The molecule has 1 aromatic rings. The lowest BCUT2D eigenvalue weighted by Crippen LogP contribution is -2.49. The molecule has 1 unspecified atom stereocenters. The van der Waals surface area contributed by atoms with Crippen LogP contribution in [-0.2, 0) is 4.79 Å². The van der Waals surface area contributed by atoms with Crippen molar-refractivity contribution in [2.24, 2.45) is 0 Å². The van der Waals surface area contributed by atoms with Gasteiger partial charge in [-0.3, -0.25) is 14.6 Å². The van der Waals surface area contributed by atoms with E-state index < -0.39 is 18.0 Å². The van der Waals surface area contributed by atoms with Gasteiger partial charge in [0.15, 0.2) is 0 Å². The van der Waals surface area contributed by atoms with Crippen LogP contribution in [0.4, 0.5) is 4.79 Å². The number of aliphatic hydroxyl groups excluding tert-OH is 1. The molecule has 0 spiro atoms. The molecule has 2 saturated heterocycles. The Kier molecular flexibility index (Phi) is 5.70. The largest absolute Gasteiger partial charge is 0.390 e. The van der Waals surface area contributed by atoms with E-state index in [1.807, 2.05) is 0 Å². The number of nitrogens with zero attached hydrogens (tertiary/aromatic N) is 2. The summed E-state index contributed by atoms with van der Waals surface area (Å²) in [5, 5.41) is 16.6. The average molecular weight is 365 g/mol. The molecule has 2 aliphatic heterocycles. The first-order valence-corrected chi connectivity index (χ1v) is 8.62. The van der Waals surface area contributed by atoms with Gasteiger partial charge >= 0.3 is 6.03 Å². The maximum Gasteiger partial charge on any atom is 0.329 e. The molecule has 1 aromatic carbocycles. The number of carbonyl (C=O) groups excluding carboxylic acids is 2. The zero-order chi connectivity index (χ0) is 17.8. The number of hydrogen-bond acceptors (Lipinski definition) is 5. The summed E-state index contributed by atoms with van der Waals surface area (Å²) in [7, 11) is 0. The van der Waals surface area contributed by atoms with Gasteiger partial charge in [-0.25, -0.2) is 4.79 Å². The van der Waals surface area contributed by atoms with Gasteiger partial charge in [-0.1, -0.05) is 23.7 Å². The molecule has 7 nitrogen and oxygen atoms in total. The fraction of sp³-hybridized carbons (Fsp3) is 0.412. The molecule has 0 aromatic heterocycles. The molecule has 3 rings (SSSR count). The highest BCUT2D eigenvalue weighted by Crippen LogP contribution is 2.16. The Labute approximate surface area is 151 Å². The Balaban J connectivity index is 1.61. The van der Waals surface area contributed by atoms with Crippen LogP contribution in [0.25, 0.3) is 6.08 Å². The number of hydrogen-bond donors (Lipinski definition) is 3. The number of carbonyl (C=O) groups is 2. The number of halogens is 1. The lowest BCUT2D eigenvalue weighted by molar-refractivity contribution is -0.124. The number of rotatable bonds is 5. The van der Waals surface area contributed by atoms with Crippen LogP contribution in [-0.4, -0.2) is 72.2 Å². The second kappa shape index (κ2) is 7.97. The van der Waals surface area contributed by atoms with E-state index in [4.69, 9.17) is 11.6 Å². The molecule has 0 bridgehead atoms. The smallest absolute Gasteiger partial charge is 0.329 e. The molecule has 0 radical (unpaired) electrons. The van der Waals surface area contributed by atoms with Crippen LogP contribution in [0.1, 0.15) is 5.56 Å². The van der Waals surface area contributed by atoms with Gasteiger partial charge in [-0.2, -0.15) is 0 Å². The van der Waals surface area contributed by atoms with Gasteiger partial charge in [0, 0.05) is 37.7 Å². The summed E-state index contributed by atoms with van der Waals surface area (Å²) >= 11 is 5.84. The van der Waals surface area contributed by atoms with Crippen molar-refractivity contribution in [3.05, 3.63) is 40.5 Å². The lowest BCUT2D eigenvalue weighted by atomic mass is 10.2. The number of urea groups is 1. The van der Waals surface area contributed by atoms with Gasteiger partial charge in [0.2, 0.25) is 0 Å². The van der Waals surface area contributed by atoms with E-state index in [1.165, 1.54) is 0 Å². The quantitative estimate of drug-likeness (QED) is 0.523. The highest BCUT2D eigenvalue weighted by atomic mass is 35.5. The minimum absolute atomic E-state index is 0.0213. The summed E-state index contributed by atoms with van der Waals surface area (Å²) in [6.45, 7) is 3.87. The number of amides is 3. The molecule has 134 valence electrons. The van der Waals surface area contributed by atoms with Crippen LogP contribution in [0.15, 0.2) is 30.0 Å². The number of benzene rings is 1. The van der Waals surface area contributed by atoms with Crippen molar-refractivity contribution >= 4 is 29.6 Å². The van der Waals surface area contributed by atoms with Crippen LogP contribution >= 0.6 is 11.6 Å². The Hall–Kier alpha value is -1.93. The van der Waals surface area contributed by atoms with Gasteiger partial charge in [0.05, 0.1) is 12.6 Å². The first-order chi connectivity index (χ1) is 12.0. The van der Waals surface area contributed by atoms with Crippen LogP contribution < -0.4 is 10.6 Å². The molecule has 2 fully saturated rings. The summed E-state index contributed by atoms with van der Waals surface area (Å²) in [6, 6.07) is 6.44. The minimum Gasteiger partial charge on any atom is -0.390 e. The fourth-order valence-corrected chi connectivity index (χ4v) is 3.05. The van der Waals surface area contributed by atoms with E-state index in [0.29, 0.717) is 11.6 Å². The van der Waals surface area contributed by atoms with Crippen molar-refractivity contribution in [3.8, 4) is 0 Å². The number of nitrogens with one attached hydrogen (secondary N) is 2. The van der Waals surface area contributed by atoms with Crippen LogP contribution in [0, 0.1) is 0 Å². The molecular weight excluding hydrogens is 344 g/mol. The fourth-order valence-electron chi connectivity index (χ4n) is 2.92. The zero-order valence-corrected chi connectivity index (χ0v) is 14.5. The number of piperazine rings is 1. The minimum atomic E-state index is -0.775. The van der Waals surface area contributed by atoms with Gasteiger partial charge in [-0.05, 0) is 23.8 Å². The summed E-state index contributed by atoms with van der Waals surface area (Å²) in [4.78, 5) is 27.7. The number of aliphatic hydroxyl groups is 1. The Bertz CT molecular complexity index is 671. The molecule has 3 amide bonds. The standard InChI is InChI=1S/C17H21ClN4O3/c18-13-3-1-12(2-4-13)9-15-16(24)22(17(25)20-15)11-14(23)10-21-7-5-19-6-8-21/h1-4,9,14,19,23H,5-8,10-11H2,(H,20,25)/b15-9-. The van der Waals surface area contributed by atoms with Gasteiger partial charge in [0.1, 0.15) is 5.70 Å². The van der Waals surface area contributed by atoms with Gasteiger partial charge in [0.25, 0.3) is 5.91 Å². The van der Waals surface area contributed by atoms with E-state index >= 15 is 0 Å². The molecule has 3 N–H and O–H groups in total. The van der Waals surface area contributed by atoms with E-state index in [2.05, 4.69) is 15.5 Å². The first-order valence-electron chi connectivity index (χ1n) is 8.24. The average Bonchev–Trinajstić information content (AvgIpc) is 2.85. The van der Waals surface area contributed by atoms with Crippen molar-refractivity contribution in [1.82, 2.24) is 20.4 Å². The van der Waals surface area contributed by atoms with Gasteiger partial charge in [-0.15, -0.1) is 0 Å². The third kappa shape index (κ3) is 4.58. The Morgan fingerprint density at radius 1 is 1.16 bits per heavy atom. The van der Waals surface area contributed by atoms with Crippen LogP contribution in [0.2, 0.25) is 5.02 Å². The molecule has 2 aliphatic rings. The third-order valence-electron chi connectivity index (χ3n) is 4.22. The van der Waals surface area contributed by atoms with Crippen molar-refractivity contribution in [2.45, 2.75) is 6.10 Å². The van der Waals surface area contributed by atoms with E-state index in [0.717, 1.165) is 36.6 Å². The zero-order valence-electron chi connectivity index (χ0n) is 13.7. The third-order valence-corrected chi connectivity index (χ3v) is 4.47. The van der Waals surface area contributed by atoms with Crippen molar-refractivity contribution in [1.29, 1.82) is 0 Å². The SMILES string of the molecule is O=C1N/C(=C\c2ccc(Cl)cc2)C(=O)N1CC(O)CN1CCNCC1. The Morgan fingerprint density at radius 2 is 1.84 bits per heavy atom. The Morgan fingerprint density at radius 3 is 2.52 bits per heavy atom. The maximum atomic E-state index is 12.4. The normalized spacial score (nSPS) is 21.7. The highest BCUT2D eigenvalue weighted by Gasteiger charge is 2.35. The predicted molar refractivity (Wildman–Crippen MR) is 95.0 cm³/mol. The molecule has 8 heteroatoms. The predicted octanol–water partition coefficient (Wildman–Crippen LogP) is 0.499. The van der Waals surface area contributed by atoms with Crippen LogP contribution in [0.5, 0.6) is 0 Å². The molecule has 25 heavy (non-hydrogen) atoms. The van der Waals surface area contributed by atoms with Crippen molar-refractivity contribution in [3.63, 3.8) is 0 Å². The topological polar surface area (TPSA) is 84.9 Å². The molecule has 2 heterocycles. The lowest BCUT2D eigenvalue weighted by Gasteiger charge is -2.29. The molecular formula is C17H21ClN4O3. The number of imide groups is 1. The molecule has 0 saturated carbocycles. The second-order valence-electron chi connectivity index (χ2n) is 6.16. The summed E-state index contributed by atoms with van der Waals surface area (Å²) in [5.41, 5.74) is 0.956. The molecule has 1 atom stereocenters. The van der Waals surface area contributed by atoms with Gasteiger partial charge < -0.3 is 15.7 Å². The maximum absolute atomic E-state index is 12.4. The van der Waals surface area contributed by atoms with E-state index in [1.54, 1.807) is 30.3 Å². The summed E-state index contributed by atoms with van der Waals surface area (Å²) < 4.78 is 0.